The molecule has 1 aliphatic heterocycles. The number of carbonyl (C=O) groups is 2. The zero-order valence-electron chi connectivity index (χ0n) is 16.4. The molecule has 2 N–H and O–H groups in total. The number of amides is 2. The zero-order chi connectivity index (χ0) is 21.4. The Balaban J connectivity index is 1.44. The first-order valence-corrected chi connectivity index (χ1v) is 11.0. The summed E-state index contributed by atoms with van der Waals surface area (Å²) in [5, 5.41) is 5.06. The number of nitrogens with one attached hydrogen (secondary N) is 2. The second-order valence-electron chi connectivity index (χ2n) is 6.67. The predicted octanol–water partition coefficient (Wildman–Crippen LogP) is 0.0776. The third-order valence-electron chi connectivity index (χ3n) is 4.59. The molecule has 1 aromatic heterocycles. The van der Waals surface area contributed by atoms with Gasteiger partial charge in [0.25, 0.3) is 0 Å². The van der Waals surface area contributed by atoms with Crippen LogP contribution in [0, 0.1) is 0 Å². The Kier molecular flexibility index (Phi) is 7.50. The van der Waals surface area contributed by atoms with Gasteiger partial charge in [0.1, 0.15) is 0 Å². The monoisotopic (exact) mass is 432 g/mol. The molecule has 160 valence electrons. The number of morpholine rings is 1. The van der Waals surface area contributed by atoms with E-state index in [4.69, 9.17) is 4.74 Å². The highest BCUT2D eigenvalue weighted by Crippen LogP contribution is 2.17. The van der Waals surface area contributed by atoms with Gasteiger partial charge in [-0.15, -0.1) is 0 Å². The number of hydrogen-bond acceptors (Lipinski definition) is 6. The van der Waals surface area contributed by atoms with Gasteiger partial charge in [0, 0.05) is 25.8 Å². The normalized spacial score (nSPS) is 14.8. The first kappa shape index (κ1) is 21.9. The number of benzene rings is 1. The Morgan fingerprint density at radius 3 is 2.37 bits per heavy atom. The summed E-state index contributed by atoms with van der Waals surface area (Å²) in [7, 11) is -3.53. The number of hydrogen-bond donors (Lipinski definition) is 2. The van der Waals surface area contributed by atoms with E-state index in [1.165, 1.54) is 4.31 Å². The smallest absolute Gasteiger partial charge is 0.309 e. The maximum Gasteiger partial charge on any atom is 0.309 e. The summed E-state index contributed by atoms with van der Waals surface area (Å²) in [5.74, 6) is -1.45. The second kappa shape index (κ2) is 10.3. The highest BCUT2D eigenvalue weighted by Gasteiger charge is 2.26. The Bertz CT molecular complexity index is 958. The van der Waals surface area contributed by atoms with Gasteiger partial charge in [0.05, 0.1) is 30.3 Å². The number of sulfonamides is 1. The van der Waals surface area contributed by atoms with Crippen LogP contribution in [0.1, 0.15) is 11.3 Å². The van der Waals surface area contributed by atoms with Gasteiger partial charge < -0.3 is 15.4 Å². The minimum atomic E-state index is -3.53. The van der Waals surface area contributed by atoms with Gasteiger partial charge in [0.2, 0.25) is 10.0 Å². The molecule has 1 fully saturated rings. The summed E-state index contributed by atoms with van der Waals surface area (Å²) in [6.45, 7) is 1.91. The van der Waals surface area contributed by atoms with Crippen LogP contribution in [0.4, 0.5) is 0 Å². The Hall–Kier alpha value is -2.82. The van der Waals surface area contributed by atoms with Crippen molar-refractivity contribution in [1.82, 2.24) is 19.9 Å². The lowest BCUT2D eigenvalue weighted by Gasteiger charge is -2.26. The number of rotatable bonds is 7. The van der Waals surface area contributed by atoms with E-state index in [0.717, 1.165) is 5.56 Å². The molecule has 0 spiro atoms. The quantitative estimate of drug-likeness (QED) is 0.599. The number of aromatic nitrogens is 1. The van der Waals surface area contributed by atoms with Crippen LogP contribution >= 0.6 is 0 Å². The van der Waals surface area contributed by atoms with Gasteiger partial charge in [-0.3, -0.25) is 14.6 Å². The fraction of sp³-hybridized carbons (Fsp3) is 0.350. The van der Waals surface area contributed by atoms with Crippen LogP contribution in [0.3, 0.4) is 0 Å². The highest BCUT2D eigenvalue weighted by atomic mass is 32.2. The van der Waals surface area contributed by atoms with Crippen LogP contribution in [0.15, 0.2) is 53.6 Å². The van der Waals surface area contributed by atoms with Crippen LogP contribution in [0.5, 0.6) is 0 Å². The molecule has 2 aromatic rings. The molecule has 1 aromatic carbocycles. The van der Waals surface area contributed by atoms with Crippen LogP contribution < -0.4 is 10.6 Å². The molecule has 9 nitrogen and oxygen atoms in total. The minimum absolute atomic E-state index is 0.173. The van der Waals surface area contributed by atoms with E-state index in [1.54, 1.807) is 48.7 Å². The first-order chi connectivity index (χ1) is 14.5. The Labute approximate surface area is 175 Å². The summed E-state index contributed by atoms with van der Waals surface area (Å²) in [6, 6.07) is 11.8. The maximum absolute atomic E-state index is 12.6. The van der Waals surface area contributed by atoms with E-state index in [0.29, 0.717) is 38.4 Å². The zero-order valence-corrected chi connectivity index (χ0v) is 17.2. The van der Waals surface area contributed by atoms with E-state index in [2.05, 4.69) is 15.6 Å². The molecule has 0 saturated carbocycles. The van der Waals surface area contributed by atoms with Crippen LogP contribution in [-0.2, 0) is 37.3 Å². The summed E-state index contributed by atoms with van der Waals surface area (Å²) in [6.07, 6.45) is 2.08. The molecule has 0 atom stereocenters. The molecule has 1 aliphatic rings. The summed E-state index contributed by atoms with van der Waals surface area (Å²) < 4.78 is 31.8. The van der Waals surface area contributed by atoms with Gasteiger partial charge >= 0.3 is 11.8 Å². The molecule has 3 rings (SSSR count). The average Bonchev–Trinajstić information content (AvgIpc) is 2.79. The fourth-order valence-electron chi connectivity index (χ4n) is 2.92. The van der Waals surface area contributed by atoms with Crippen molar-refractivity contribution in [2.75, 3.05) is 32.8 Å². The average molecular weight is 433 g/mol. The third-order valence-corrected chi connectivity index (χ3v) is 6.51. The van der Waals surface area contributed by atoms with E-state index >= 15 is 0 Å². The van der Waals surface area contributed by atoms with Gasteiger partial charge in [-0.2, -0.15) is 4.31 Å². The molecule has 2 amide bonds. The van der Waals surface area contributed by atoms with Crippen molar-refractivity contribution >= 4 is 21.8 Å². The van der Waals surface area contributed by atoms with Crippen molar-refractivity contribution < 1.29 is 22.7 Å². The molecule has 30 heavy (non-hydrogen) atoms. The standard InChI is InChI=1S/C20H24N4O5S/c25-19(20(26)23-15-17-3-1-2-9-21-17)22-10-8-16-4-6-18(7-5-16)30(27,28)24-11-13-29-14-12-24/h1-7,9H,8,10-15H2,(H,22,25)(H,23,26). The minimum Gasteiger partial charge on any atom is -0.379 e. The Morgan fingerprint density at radius 1 is 1.00 bits per heavy atom. The largest absolute Gasteiger partial charge is 0.379 e. The predicted molar refractivity (Wildman–Crippen MR) is 109 cm³/mol. The van der Waals surface area contributed by atoms with Gasteiger partial charge in [0.15, 0.2) is 0 Å². The lowest BCUT2D eigenvalue weighted by Crippen LogP contribution is -2.40. The van der Waals surface area contributed by atoms with Crippen molar-refractivity contribution in [1.29, 1.82) is 0 Å². The summed E-state index contributed by atoms with van der Waals surface area (Å²) >= 11 is 0. The molecule has 1 saturated heterocycles. The van der Waals surface area contributed by atoms with Crippen molar-refractivity contribution in [3.63, 3.8) is 0 Å². The van der Waals surface area contributed by atoms with Gasteiger partial charge in [-0.05, 0) is 36.2 Å². The van der Waals surface area contributed by atoms with E-state index in [9.17, 15) is 18.0 Å². The van der Waals surface area contributed by atoms with Crippen molar-refractivity contribution in [3.05, 3.63) is 59.9 Å². The van der Waals surface area contributed by atoms with Gasteiger partial charge in [-0.1, -0.05) is 18.2 Å². The van der Waals surface area contributed by atoms with Crippen LogP contribution in [-0.4, -0.2) is 62.4 Å². The molecule has 0 aliphatic carbocycles. The topological polar surface area (TPSA) is 118 Å². The molecule has 10 heteroatoms. The fourth-order valence-corrected chi connectivity index (χ4v) is 4.33. The molecule has 0 radical (unpaired) electrons. The lowest BCUT2D eigenvalue weighted by atomic mass is 10.1. The third kappa shape index (κ3) is 5.85. The van der Waals surface area contributed by atoms with E-state index < -0.39 is 21.8 Å². The van der Waals surface area contributed by atoms with Crippen LogP contribution in [0.2, 0.25) is 0 Å². The number of carbonyl (C=O) groups excluding carboxylic acids is 2. The number of nitrogens with zero attached hydrogens (tertiary/aromatic N) is 2. The van der Waals surface area contributed by atoms with Gasteiger partial charge in [-0.25, -0.2) is 8.42 Å². The lowest BCUT2D eigenvalue weighted by molar-refractivity contribution is -0.139. The highest BCUT2D eigenvalue weighted by molar-refractivity contribution is 7.89. The molecule has 2 heterocycles. The molecule has 0 unspecified atom stereocenters. The maximum atomic E-state index is 12.6. The summed E-state index contributed by atoms with van der Waals surface area (Å²) in [4.78, 5) is 28.0. The first-order valence-electron chi connectivity index (χ1n) is 9.59. The molecule has 0 bridgehead atoms. The summed E-state index contributed by atoms with van der Waals surface area (Å²) in [5.41, 5.74) is 1.51. The Morgan fingerprint density at radius 2 is 1.70 bits per heavy atom. The van der Waals surface area contributed by atoms with Crippen LogP contribution in [0.25, 0.3) is 0 Å². The SMILES string of the molecule is O=C(NCCc1ccc(S(=O)(=O)N2CCOCC2)cc1)C(=O)NCc1ccccn1. The second-order valence-corrected chi connectivity index (χ2v) is 8.61. The van der Waals surface area contributed by atoms with E-state index in [1.807, 2.05) is 0 Å². The van der Waals surface area contributed by atoms with Crippen molar-refractivity contribution in [2.45, 2.75) is 17.9 Å². The number of ether oxygens (including phenoxy) is 1. The van der Waals surface area contributed by atoms with Crippen molar-refractivity contribution in [2.24, 2.45) is 0 Å². The molecular weight excluding hydrogens is 408 g/mol. The van der Waals surface area contributed by atoms with E-state index in [-0.39, 0.29) is 18.0 Å². The molecular formula is C20H24N4O5S. The number of pyridine rings is 1. The van der Waals surface area contributed by atoms with Crippen molar-refractivity contribution in [3.8, 4) is 0 Å².